The Kier molecular flexibility index (Phi) is 1.23. The van der Waals surface area contributed by atoms with Crippen LogP contribution in [-0.2, 0) is 14.3 Å². The summed E-state index contributed by atoms with van der Waals surface area (Å²) >= 11 is 0. The number of carbonyl (C=O) groups excluding carboxylic acids is 1. The highest BCUT2D eigenvalue weighted by molar-refractivity contribution is 5.85. The number of hydrogen-bond acceptors (Lipinski definition) is 3. The number of Topliss-reactive ketones (excluding diaryl/α,β-unsaturated/α-hetero) is 1. The van der Waals surface area contributed by atoms with Crippen molar-refractivity contribution in [2.45, 2.75) is 25.0 Å². The summed E-state index contributed by atoms with van der Waals surface area (Å²) in [6.45, 7) is 1.41. The summed E-state index contributed by atoms with van der Waals surface area (Å²) in [4.78, 5) is 11.3. The zero-order chi connectivity index (χ0) is 8.18. The molecule has 0 aromatic rings. The Labute approximate surface area is 71.0 Å². The molecular weight excluding hydrogens is 156 g/mol. The molecule has 66 valence electrons. The Morgan fingerprint density at radius 1 is 1.33 bits per heavy atom. The Hall–Kier alpha value is -0.410. The van der Waals surface area contributed by atoms with Gasteiger partial charge in [-0.15, -0.1) is 0 Å². The van der Waals surface area contributed by atoms with Gasteiger partial charge in [0.1, 0.15) is 5.78 Å². The molecule has 3 rings (SSSR count). The number of hydrogen-bond donors (Lipinski definition) is 0. The average Bonchev–Trinajstić information content (AvgIpc) is 2.57. The second-order valence-corrected chi connectivity index (χ2v) is 3.93. The maximum absolute atomic E-state index is 11.3. The molecule has 0 N–H and O–H groups in total. The monoisotopic (exact) mass is 168 g/mol. The van der Waals surface area contributed by atoms with Crippen molar-refractivity contribution in [1.29, 1.82) is 0 Å². The minimum absolute atomic E-state index is 0.267. The minimum atomic E-state index is -0.323. The largest absolute Gasteiger partial charge is 0.347 e. The molecule has 1 spiro atoms. The zero-order valence-corrected chi connectivity index (χ0v) is 6.91. The van der Waals surface area contributed by atoms with Gasteiger partial charge in [-0.3, -0.25) is 4.79 Å². The maximum Gasteiger partial charge on any atom is 0.172 e. The Morgan fingerprint density at radius 2 is 2.08 bits per heavy atom. The first-order valence-electron chi connectivity index (χ1n) is 4.62. The van der Waals surface area contributed by atoms with Gasteiger partial charge >= 0.3 is 0 Å². The predicted molar refractivity (Wildman–Crippen MR) is 40.5 cm³/mol. The van der Waals surface area contributed by atoms with Gasteiger partial charge in [0.25, 0.3) is 0 Å². The number of fused-ring (bicyclic) bond motifs is 2. The molecule has 0 amide bonds. The highest BCUT2D eigenvalue weighted by Crippen LogP contribution is 2.55. The normalized spacial score (nSPS) is 43.2. The lowest BCUT2D eigenvalue weighted by Gasteiger charge is -2.46. The summed E-state index contributed by atoms with van der Waals surface area (Å²) in [5.74, 6) is 0.747. The smallest absolute Gasteiger partial charge is 0.172 e. The number of rotatable bonds is 0. The summed E-state index contributed by atoms with van der Waals surface area (Å²) in [5, 5.41) is 0. The van der Waals surface area contributed by atoms with Crippen LogP contribution in [0, 0.1) is 11.8 Å². The van der Waals surface area contributed by atoms with Gasteiger partial charge in [0, 0.05) is 24.7 Å². The van der Waals surface area contributed by atoms with Crippen LogP contribution in [0.15, 0.2) is 0 Å². The molecular formula is C9H12O3. The summed E-state index contributed by atoms with van der Waals surface area (Å²) in [6, 6.07) is 0. The van der Waals surface area contributed by atoms with Gasteiger partial charge < -0.3 is 9.47 Å². The topological polar surface area (TPSA) is 35.5 Å². The summed E-state index contributed by atoms with van der Waals surface area (Å²) in [5.41, 5.74) is 0. The van der Waals surface area contributed by atoms with E-state index in [1.165, 1.54) is 0 Å². The molecule has 0 bridgehead atoms. The summed E-state index contributed by atoms with van der Waals surface area (Å²) < 4.78 is 11.1. The third-order valence-electron chi connectivity index (χ3n) is 3.45. The molecule has 0 aromatic carbocycles. The molecule has 3 heteroatoms. The third kappa shape index (κ3) is 0.666. The lowest BCUT2D eigenvalue weighted by Crippen LogP contribution is -2.54. The van der Waals surface area contributed by atoms with Crippen LogP contribution < -0.4 is 0 Å². The molecule has 0 unspecified atom stereocenters. The van der Waals surface area contributed by atoms with Crippen LogP contribution in [0.2, 0.25) is 0 Å². The van der Waals surface area contributed by atoms with E-state index in [0.29, 0.717) is 24.9 Å². The van der Waals surface area contributed by atoms with E-state index in [9.17, 15) is 4.79 Å². The van der Waals surface area contributed by atoms with Crippen molar-refractivity contribution in [3.05, 3.63) is 0 Å². The Bertz CT molecular complexity index is 230. The Morgan fingerprint density at radius 3 is 2.75 bits per heavy atom. The van der Waals surface area contributed by atoms with E-state index in [-0.39, 0.29) is 11.7 Å². The number of carbonyl (C=O) groups is 1. The van der Waals surface area contributed by atoms with Crippen molar-refractivity contribution < 1.29 is 14.3 Å². The van der Waals surface area contributed by atoms with Crippen LogP contribution in [0.25, 0.3) is 0 Å². The first-order chi connectivity index (χ1) is 5.82. The Balaban J connectivity index is 1.83. The van der Waals surface area contributed by atoms with E-state index in [0.717, 1.165) is 19.3 Å². The van der Waals surface area contributed by atoms with Crippen LogP contribution in [0.1, 0.15) is 19.3 Å². The van der Waals surface area contributed by atoms with E-state index in [2.05, 4.69) is 0 Å². The van der Waals surface area contributed by atoms with Gasteiger partial charge in [0.2, 0.25) is 0 Å². The molecule has 1 heterocycles. The zero-order valence-electron chi connectivity index (χ0n) is 6.91. The van der Waals surface area contributed by atoms with Gasteiger partial charge in [-0.25, -0.2) is 0 Å². The average molecular weight is 168 g/mol. The number of ketones is 1. The van der Waals surface area contributed by atoms with Crippen molar-refractivity contribution >= 4 is 5.78 Å². The molecule has 3 nitrogen and oxygen atoms in total. The molecule has 2 atom stereocenters. The van der Waals surface area contributed by atoms with Gasteiger partial charge in [0.15, 0.2) is 5.79 Å². The first kappa shape index (κ1) is 7.04. The van der Waals surface area contributed by atoms with E-state index in [1.807, 2.05) is 0 Å². The predicted octanol–water partition coefficient (Wildman–Crippen LogP) is 0.728. The molecule has 0 aromatic heterocycles. The van der Waals surface area contributed by atoms with Gasteiger partial charge in [-0.1, -0.05) is 0 Å². The maximum atomic E-state index is 11.3. The molecule has 3 aliphatic rings. The second kappa shape index (κ2) is 2.09. The van der Waals surface area contributed by atoms with E-state index >= 15 is 0 Å². The van der Waals surface area contributed by atoms with Crippen LogP contribution in [0.3, 0.4) is 0 Å². The van der Waals surface area contributed by atoms with Crippen LogP contribution in [0.5, 0.6) is 0 Å². The fraction of sp³-hybridized carbons (Fsp3) is 0.889. The first-order valence-corrected chi connectivity index (χ1v) is 4.62. The molecule has 2 saturated carbocycles. The molecule has 1 aliphatic heterocycles. The molecule has 12 heavy (non-hydrogen) atoms. The summed E-state index contributed by atoms with van der Waals surface area (Å²) in [7, 11) is 0. The highest BCUT2D eigenvalue weighted by atomic mass is 16.7. The van der Waals surface area contributed by atoms with Gasteiger partial charge in [-0.05, 0) is 6.42 Å². The molecule has 2 aliphatic carbocycles. The van der Waals surface area contributed by atoms with Crippen molar-refractivity contribution in [3.8, 4) is 0 Å². The standard InChI is InChI=1S/C9H12O3/c10-8-2-1-7-6(8)5-9(7)11-3-4-12-9/h6-7H,1-5H2/t6-,7-/m1/s1. The van der Waals surface area contributed by atoms with Crippen molar-refractivity contribution in [2.24, 2.45) is 11.8 Å². The van der Waals surface area contributed by atoms with Gasteiger partial charge in [-0.2, -0.15) is 0 Å². The van der Waals surface area contributed by atoms with Crippen molar-refractivity contribution in [2.75, 3.05) is 13.2 Å². The van der Waals surface area contributed by atoms with Crippen molar-refractivity contribution in [1.82, 2.24) is 0 Å². The van der Waals surface area contributed by atoms with Gasteiger partial charge in [0.05, 0.1) is 13.2 Å². The molecule has 0 radical (unpaired) electrons. The lowest BCUT2D eigenvalue weighted by molar-refractivity contribution is -0.264. The summed E-state index contributed by atoms with van der Waals surface area (Å²) in [6.07, 6.45) is 2.53. The SMILES string of the molecule is O=C1CC[C@@H]2[C@H]1CC21OCCO1. The fourth-order valence-electron chi connectivity index (χ4n) is 2.79. The molecule has 3 fully saturated rings. The van der Waals surface area contributed by atoms with E-state index in [4.69, 9.17) is 9.47 Å². The fourth-order valence-corrected chi connectivity index (χ4v) is 2.79. The van der Waals surface area contributed by atoms with E-state index in [1.54, 1.807) is 0 Å². The third-order valence-corrected chi connectivity index (χ3v) is 3.45. The quantitative estimate of drug-likeness (QED) is 0.535. The lowest BCUT2D eigenvalue weighted by atomic mass is 9.70. The van der Waals surface area contributed by atoms with E-state index < -0.39 is 0 Å². The van der Waals surface area contributed by atoms with Crippen LogP contribution in [0.4, 0.5) is 0 Å². The van der Waals surface area contributed by atoms with Crippen molar-refractivity contribution in [3.63, 3.8) is 0 Å². The number of ether oxygens (including phenoxy) is 2. The molecule has 1 saturated heterocycles. The van der Waals surface area contributed by atoms with Crippen LogP contribution in [-0.4, -0.2) is 24.8 Å². The van der Waals surface area contributed by atoms with Crippen LogP contribution >= 0.6 is 0 Å². The second-order valence-electron chi connectivity index (χ2n) is 3.93. The highest BCUT2D eigenvalue weighted by Gasteiger charge is 2.62. The minimum Gasteiger partial charge on any atom is -0.347 e.